The van der Waals surface area contributed by atoms with Crippen LogP contribution in [-0.4, -0.2) is 15.7 Å². The molecule has 4 nitrogen and oxygen atoms in total. The van der Waals surface area contributed by atoms with E-state index in [1.165, 1.54) is 11.3 Å². The van der Waals surface area contributed by atoms with E-state index in [9.17, 15) is 0 Å². The Balaban J connectivity index is 1.76. The van der Waals surface area contributed by atoms with E-state index in [0.29, 0.717) is 15.2 Å². The molecule has 0 atom stereocenters. The Morgan fingerprint density at radius 2 is 2.09 bits per heavy atom. The quantitative estimate of drug-likeness (QED) is 0.502. The Morgan fingerprint density at radius 1 is 1.22 bits per heavy atom. The van der Waals surface area contributed by atoms with Gasteiger partial charge in [-0.25, -0.2) is 4.98 Å². The molecule has 3 aromatic rings. The van der Waals surface area contributed by atoms with Gasteiger partial charge in [0.1, 0.15) is 0 Å². The Labute approximate surface area is 147 Å². The lowest BCUT2D eigenvalue weighted by atomic mass is 10.2. The van der Waals surface area contributed by atoms with Crippen LogP contribution in [0.25, 0.3) is 11.3 Å². The molecule has 7 heteroatoms. The summed E-state index contributed by atoms with van der Waals surface area (Å²) in [6, 6.07) is 9.27. The van der Waals surface area contributed by atoms with Crippen LogP contribution in [0.15, 0.2) is 53.2 Å². The predicted molar refractivity (Wildman–Crippen MR) is 97.6 cm³/mol. The highest BCUT2D eigenvalue weighted by Gasteiger charge is 2.07. The highest BCUT2D eigenvalue weighted by molar-refractivity contribution is 7.14. The van der Waals surface area contributed by atoms with Gasteiger partial charge in [-0.3, -0.25) is 10.4 Å². The molecule has 0 aliphatic rings. The molecule has 2 aromatic heterocycles. The highest BCUT2D eigenvalue weighted by atomic mass is 35.5. The molecule has 0 saturated carbocycles. The van der Waals surface area contributed by atoms with Gasteiger partial charge in [0.05, 0.1) is 21.5 Å². The van der Waals surface area contributed by atoms with E-state index in [0.717, 1.165) is 22.5 Å². The SMILES string of the molecule is C/C(=N\Nc1nc(-c2ccc(Cl)c(Cl)c2)cs1)c1cccnc1. The number of anilines is 1. The topological polar surface area (TPSA) is 50.2 Å². The fraction of sp³-hybridized carbons (Fsp3) is 0.0625. The van der Waals surface area contributed by atoms with Gasteiger partial charge in [-0.15, -0.1) is 11.3 Å². The van der Waals surface area contributed by atoms with Crippen molar-refractivity contribution in [2.24, 2.45) is 5.10 Å². The zero-order chi connectivity index (χ0) is 16.2. The standard InChI is InChI=1S/C16H12Cl2N4S/c1-10(12-3-2-6-19-8-12)21-22-16-20-15(9-23-16)11-4-5-13(17)14(18)7-11/h2-9H,1H3,(H,20,22)/b21-10+. The van der Waals surface area contributed by atoms with Gasteiger partial charge < -0.3 is 0 Å². The van der Waals surface area contributed by atoms with E-state index in [1.807, 2.05) is 30.5 Å². The van der Waals surface area contributed by atoms with Gasteiger partial charge >= 0.3 is 0 Å². The minimum Gasteiger partial charge on any atom is -0.264 e. The second kappa shape index (κ2) is 7.08. The Hall–Kier alpha value is -1.95. The minimum atomic E-state index is 0.511. The summed E-state index contributed by atoms with van der Waals surface area (Å²) in [5.74, 6) is 0. The molecule has 3 rings (SSSR count). The van der Waals surface area contributed by atoms with Gasteiger partial charge in [0, 0.05) is 28.9 Å². The second-order valence-corrected chi connectivity index (χ2v) is 6.39. The fourth-order valence-corrected chi connectivity index (χ4v) is 2.85. The second-order valence-electron chi connectivity index (χ2n) is 4.72. The normalized spacial score (nSPS) is 11.5. The number of halogens is 2. The van der Waals surface area contributed by atoms with Crippen LogP contribution in [0.5, 0.6) is 0 Å². The number of rotatable bonds is 4. The van der Waals surface area contributed by atoms with Gasteiger partial charge in [-0.2, -0.15) is 5.10 Å². The van der Waals surface area contributed by atoms with Crippen molar-refractivity contribution < 1.29 is 0 Å². The van der Waals surface area contributed by atoms with Crippen LogP contribution in [0, 0.1) is 0 Å². The molecule has 1 N–H and O–H groups in total. The van der Waals surface area contributed by atoms with Crippen LogP contribution in [0.4, 0.5) is 5.13 Å². The maximum Gasteiger partial charge on any atom is 0.203 e. The Kier molecular flexibility index (Phi) is 4.91. The van der Waals surface area contributed by atoms with Gasteiger partial charge in [0.25, 0.3) is 0 Å². The van der Waals surface area contributed by atoms with Crippen molar-refractivity contribution in [3.8, 4) is 11.3 Å². The van der Waals surface area contributed by atoms with E-state index in [2.05, 4.69) is 20.5 Å². The molecule has 23 heavy (non-hydrogen) atoms. The summed E-state index contributed by atoms with van der Waals surface area (Å²) in [4.78, 5) is 8.57. The number of benzene rings is 1. The first-order valence-electron chi connectivity index (χ1n) is 6.75. The van der Waals surface area contributed by atoms with E-state index < -0.39 is 0 Å². The average Bonchev–Trinajstić information content (AvgIpc) is 3.05. The maximum atomic E-state index is 6.04. The summed E-state index contributed by atoms with van der Waals surface area (Å²) in [6.45, 7) is 1.91. The third-order valence-corrected chi connectivity index (χ3v) is 4.60. The van der Waals surface area contributed by atoms with Crippen molar-refractivity contribution in [3.63, 3.8) is 0 Å². The number of hydrogen-bond donors (Lipinski definition) is 1. The van der Waals surface area contributed by atoms with Crippen molar-refractivity contribution in [2.75, 3.05) is 5.43 Å². The molecule has 0 spiro atoms. The van der Waals surface area contributed by atoms with E-state index in [4.69, 9.17) is 23.2 Å². The average molecular weight is 363 g/mol. The smallest absolute Gasteiger partial charge is 0.203 e. The number of pyridine rings is 1. The molecule has 0 aliphatic heterocycles. The predicted octanol–water partition coefficient (Wildman–Crippen LogP) is 5.35. The molecule has 0 unspecified atom stereocenters. The van der Waals surface area contributed by atoms with Crippen LogP contribution in [0.1, 0.15) is 12.5 Å². The molecule has 0 saturated heterocycles. The minimum absolute atomic E-state index is 0.511. The van der Waals surface area contributed by atoms with Crippen LogP contribution in [0.2, 0.25) is 10.0 Å². The monoisotopic (exact) mass is 362 g/mol. The highest BCUT2D eigenvalue weighted by Crippen LogP contribution is 2.30. The summed E-state index contributed by atoms with van der Waals surface area (Å²) in [5, 5.41) is 8.01. The third-order valence-electron chi connectivity index (χ3n) is 3.12. The van der Waals surface area contributed by atoms with Crippen molar-refractivity contribution in [1.29, 1.82) is 0 Å². The van der Waals surface area contributed by atoms with E-state index in [1.54, 1.807) is 24.5 Å². The molecule has 0 amide bonds. The van der Waals surface area contributed by atoms with Crippen molar-refractivity contribution >= 4 is 45.4 Å². The largest absolute Gasteiger partial charge is 0.264 e. The van der Waals surface area contributed by atoms with Crippen LogP contribution in [-0.2, 0) is 0 Å². The molecule has 0 bridgehead atoms. The molecule has 0 fully saturated rings. The van der Waals surface area contributed by atoms with Crippen LogP contribution < -0.4 is 5.43 Å². The number of aromatic nitrogens is 2. The first kappa shape index (κ1) is 15.9. The number of hydrogen-bond acceptors (Lipinski definition) is 5. The van der Waals surface area contributed by atoms with Gasteiger partial charge in [-0.05, 0) is 25.1 Å². The van der Waals surface area contributed by atoms with E-state index in [-0.39, 0.29) is 0 Å². The number of hydrazone groups is 1. The van der Waals surface area contributed by atoms with Gasteiger partial charge in [0.15, 0.2) is 0 Å². The van der Waals surface area contributed by atoms with Gasteiger partial charge in [0.2, 0.25) is 5.13 Å². The summed E-state index contributed by atoms with van der Waals surface area (Å²) >= 11 is 13.4. The molecule has 2 heterocycles. The lowest BCUT2D eigenvalue weighted by molar-refractivity contribution is 1.26. The van der Waals surface area contributed by atoms with Crippen LogP contribution >= 0.6 is 34.5 Å². The first-order chi connectivity index (χ1) is 11.1. The number of nitrogens with zero attached hydrogens (tertiary/aromatic N) is 3. The lowest BCUT2D eigenvalue weighted by Crippen LogP contribution is -1.99. The van der Waals surface area contributed by atoms with E-state index >= 15 is 0 Å². The molecular formula is C16H12Cl2N4S. The maximum absolute atomic E-state index is 6.04. The Bertz CT molecular complexity index is 846. The summed E-state index contributed by atoms with van der Waals surface area (Å²) in [7, 11) is 0. The van der Waals surface area contributed by atoms with Crippen molar-refractivity contribution in [2.45, 2.75) is 6.92 Å². The van der Waals surface area contributed by atoms with Crippen molar-refractivity contribution in [3.05, 3.63) is 63.7 Å². The van der Waals surface area contributed by atoms with Crippen LogP contribution in [0.3, 0.4) is 0 Å². The zero-order valence-electron chi connectivity index (χ0n) is 12.1. The lowest BCUT2D eigenvalue weighted by Gasteiger charge is -2.01. The number of nitrogens with one attached hydrogen (secondary N) is 1. The van der Waals surface area contributed by atoms with Crippen molar-refractivity contribution in [1.82, 2.24) is 9.97 Å². The number of thiazole rings is 1. The molecule has 0 aliphatic carbocycles. The molecule has 116 valence electrons. The Morgan fingerprint density at radius 3 is 2.83 bits per heavy atom. The molecular weight excluding hydrogens is 351 g/mol. The fourth-order valence-electron chi connectivity index (χ4n) is 1.89. The summed E-state index contributed by atoms with van der Waals surface area (Å²) in [5.41, 5.74) is 6.50. The first-order valence-corrected chi connectivity index (χ1v) is 8.38. The summed E-state index contributed by atoms with van der Waals surface area (Å²) < 4.78 is 0. The van der Waals surface area contributed by atoms with Gasteiger partial charge in [-0.1, -0.05) is 35.3 Å². The molecule has 0 radical (unpaired) electrons. The third kappa shape index (κ3) is 3.88. The summed E-state index contributed by atoms with van der Waals surface area (Å²) in [6.07, 6.45) is 3.50. The molecule has 1 aromatic carbocycles. The zero-order valence-corrected chi connectivity index (χ0v) is 14.5.